The van der Waals surface area contributed by atoms with Crippen LogP contribution in [-0.2, 0) is 0 Å². The number of aryl methyl sites for hydroxylation is 1. The van der Waals surface area contributed by atoms with Crippen molar-refractivity contribution in [2.75, 3.05) is 24.3 Å². The molecule has 3 aromatic carbocycles. The molecule has 4 heteroatoms. The lowest BCUT2D eigenvalue weighted by Crippen LogP contribution is -2.14. The first-order valence-corrected chi connectivity index (χ1v) is 8.69. The van der Waals surface area contributed by atoms with Crippen LogP contribution in [0.2, 0.25) is 0 Å². The van der Waals surface area contributed by atoms with Crippen LogP contribution in [-0.4, -0.2) is 20.0 Å². The van der Waals surface area contributed by atoms with Crippen LogP contribution < -0.4 is 10.2 Å². The van der Waals surface area contributed by atoms with Gasteiger partial charge in [-0.15, -0.1) is 0 Å². The Morgan fingerprint density at radius 1 is 0.963 bits per heavy atom. The van der Waals surface area contributed by atoms with Crippen molar-refractivity contribution in [3.8, 4) is 17.2 Å². The van der Waals surface area contributed by atoms with Crippen LogP contribution in [0.25, 0.3) is 11.1 Å². The van der Waals surface area contributed by atoms with Gasteiger partial charge in [-0.2, -0.15) is 5.26 Å². The molecule has 0 radical (unpaired) electrons. The van der Waals surface area contributed by atoms with Gasteiger partial charge in [-0.05, 0) is 48.4 Å². The molecule has 1 N–H and O–H groups in total. The van der Waals surface area contributed by atoms with Gasteiger partial charge < -0.3 is 10.2 Å². The fourth-order valence-corrected chi connectivity index (χ4v) is 3.16. The van der Waals surface area contributed by atoms with E-state index in [2.05, 4.69) is 11.4 Å². The zero-order chi connectivity index (χ0) is 19.4. The van der Waals surface area contributed by atoms with E-state index in [1.807, 2.05) is 80.5 Å². The zero-order valence-electron chi connectivity index (χ0n) is 15.7. The van der Waals surface area contributed by atoms with Gasteiger partial charge in [0.05, 0.1) is 11.6 Å². The van der Waals surface area contributed by atoms with Crippen LogP contribution in [0.3, 0.4) is 0 Å². The van der Waals surface area contributed by atoms with E-state index < -0.39 is 0 Å². The van der Waals surface area contributed by atoms with Crippen LogP contribution in [0.15, 0.2) is 66.7 Å². The molecule has 0 unspecified atom stereocenters. The maximum Gasteiger partial charge on any atom is 0.256 e. The third-order valence-corrected chi connectivity index (χ3v) is 4.45. The van der Waals surface area contributed by atoms with Crippen LogP contribution in [0.4, 0.5) is 11.4 Å². The molecule has 0 aliphatic carbocycles. The number of rotatable bonds is 4. The van der Waals surface area contributed by atoms with Gasteiger partial charge in [0.2, 0.25) is 0 Å². The van der Waals surface area contributed by atoms with Gasteiger partial charge in [0.1, 0.15) is 0 Å². The van der Waals surface area contributed by atoms with Crippen molar-refractivity contribution in [2.45, 2.75) is 6.92 Å². The molecule has 0 spiro atoms. The van der Waals surface area contributed by atoms with Crippen molar-refractivity contribution >= 4 is 17.3 Å². The Bertz CT molecular complexity index is 1030. The van der Waals surface area contributed by atoms with Gasteiger partial charge in [0, 0.05) is 36.6 Å². The van der Waals surface area contributed by atoms with E-state index in [1.54, 1.807) is 12.1 Å². The van der Waals surface area contributed by atoms with Crippen molar-refractivity contribution in [1.29, 1.82) is 5.26 Å². The highest BCUT2D eigenvalue weighted by atomic mass is 16.1. The van der Waals surface area contributed by atoms with Crippen molar-refractivity contribution in [1.82, 2.24) is 0 Å². The number of nitrogens with one attached hydrogen (secondary N) is 1. The van der Waals surface area contributed by atoms with E-state index in [9.17, 15) is 10.1 Å². The lowest BCUT2D eigenvalue weighted by molar-refractivity contribution is 0.102. The Hall–Kier alpha value is -3.58. The van der Waals surface area contributed by atoms with E-state index in [1.165, 1.54) is 0 Å². The largest absolute Gasteiger partial charge is 0.377 e. The maximum absolute atomic E-state index is 12.9. The Morgan fingerprint density at radius 2 is 1.63 bits per heavy atom. The minimum Gasteiger partial charge on any atom is -0.377 e. The Morgan fingerprint density at radius 3 is 2.30 bits per heavy atom. The van der Waals surface area contributed by atoms with E-state index in [0.29, 0.717) is 11.1 Å². The minimum atomic E-state index is -0.199. The van der Waals surface area contributed by atoms with Crippen molar-refractivity contribution < 1.29 is 4.79 Å². The average Bonchev–Trinajstić information content (AvgIpc) is 2.67. The second-order valence-electron chi connectivity index (χ2n) is 6.55. The number of carbonyl (C=O) groups is 1. The summed E-state index contributed by atoms with van der Waals surface area (Å²) in [7, 11) is 3.98. The first-order chi connectivity index (χ1) is 13.0. The van der Waals surface area contributed by atoms with Gasteiger partial charge in [-0.1, -0.05) is 36.4 Å². The molecule has 0 aliphatic rings. The van der Waals surface area contributed by atoms with E-state index >= 15 is 0 Å². The summed E-state index contributed by atoms with van der Waals surface area (Å²) in [5.41, 5.74) is 5.51. The van der Waals surface area contributed by atoms with Gasteiger partial charge >= 0.3 is 0 Å². The number of hydrogen-bond donors (Lipinski definition) is 1. The number of amides is 1. The molecular formula is C23H21N3O. The zero-order valence-corrected chi connectivity index (χ0v) is 15.7. The molecule has 0 aromatic heterocycles. The maximum atomic E-state index is 12.9. The van der Waals surface area contributed by atoms with E-state index in [0.717, 1.165) is 28.1 Å². The minimum absolute atomic E-state index is 0.199. The smallest absolute Gasteiger partial charge is 0.256 e. The van der Waals surface area contributed by atoms with Crippen molar-refractivity contribution in [3.63, 3.8) is 0 Å². The molecule has 0 aliphatic heterocycles. The van der Waals surface area contributed by atoms with Gasteiger partial charge in [0.15, 0.2) is 0 Å². The number of hydrogen-bond acceptors (Lipinski definition) is 3. The number of anilines is 2. The lowest BCUT2D eigenvalue weighted by atomic mass is 9.95. The first-order valence-electron chi connectivity index (χ1n) is 8.69. The highest BCUT2D eigenvalue weighted by molar-refractivity contribution is 6.09. The third kappa shape index (κ3) is 3.83. The van der Waals surface area contributed by atoms with Crippen LogP contribution in [0, 0.1) is 18.3 Å². The fourth-order valence-electron chi connectivity index (χ4n) is 3.16. The average molecular weight is 355 g/mol. The van der Waals surface area contributed by atoms with Crippen LogP contribution >= 0.6 is 0 Å². The Labute approximate surface area is 159 Å². The molecule has 134 valence electrons. The second kappa shape index (κ2) is 7.76. The summed E-state index contributed by atoms with van der Waals surface area (Å²) in [5, 5.41) is 12.4. The summed E-state index contributed by atoms with van der Waals surface area (Å²) in [6, 6.07) is 22.7. The van der Waals surface area contributed by atoms with Crippen LogP contribution in [0.1, 0.15) is 21.5 Å². The van der Waals surface area contributed by atoms with Crippen LogP contribution in [0.5, 0.6) is 0 Å². The summed E-state index contributed by atoms with van der Waals surface area (Å²) >= 11 is 0. The first kappa shape index (κ1) is 18.2. The highest BCUT2D eigenvalue weighted by Crippen LogP contribution is 2.28. The Balaban J connectivity index is 1.95. The summed E-state index contributed by atoms with van der Waals surface area (Å²) in [6.07, 6.45) is 0. The predicted octanol–water partition coefficient (Wildman–Crippen LogP) is 4.85. The van der Waals surface area contributed by atoms with Gasteiger partial charge in [-0.3, -0.25) is 4.79 Å². The standard InChI is InChI=1S/C23H21N3O/c1-16-14-18(12-13-22(16)26(2)3)25-23(27)21-11-7-6-10-20(21)19-9-5-4-8-17(19)15-24/h4-14H,1-3H3,(H,25,27). The molecule has 27 heavy (non-hydrogen) atoms. The van der Waals surface area contributed by atoms with E-state index in [4.69, 9.17) is 0 Å². The number of carbonyl (C=O) groups excluding carboxylic acids is 1. The lowest BCUT2D eigenvalue weighted by Gasteiger charge is -2.17. The summed E-state index contributed by atoms with van der Waals surface area (Å²) in [5.74, 6) is -0.199. The summed E-state index contributed by atoms with van der Waals surface area (Å²) < 4.78 is 0. The van der Waals surface area contributed by atoms with Crippen molar-refractivity contribution in [2.24, 2.45) is 0 Å². The van der Waals surface area contributed by atoms with Crippen molar-refractivity contribution in [3.05, 3.63) is 83.4 Å². The topological polar surface area (TPSA) is 56.1 Å². The Kier molecular flexibility index (Phi) is 5.23. The molecule has 4 nitrogen and oxygen atoms in total. The molecule has 0 heterocycles. The molecule has 0 saturated heterocycles. The summed E-state index contributed by atoms with van der Waals surface area (Å²) in [4.78, 5) is 15.0. The number of nitriles is 1. The molecule has 0 atom stereocenters. The summed E-state index contributed by atoms with van der Waals surface area (Å²) in [6.45, 7) is 2.02. The monoisotopic (exact) mass is 355 g/mol. The SMILES string of the molecule is Cc1cc(NC(=O)c2ccccc2-c2ccccc2C#N)ccc1N(C)C. The quantitative estimate of drug-likeness (QED) is 0.728. The molecule has 1 amide bonds. The fraction of sp³-hybridized carbons (Fsp3) is 0.130. The molecule has 3 aromatic rings. The highest BCUT2D eigenvalue weighted by Gasteiger charge is 2.15. The van der Waals surface area contributed by atoms with E-state index in [-0.39, 0.29) is 5.91 Å². The molecule has 0 saturated carbocycles. The normalized spacial score (nSPS) is 10.1. The molecule has 0 bridgehead atoms. The number of benzene rings is 3. The molecular weight excluding hydrogens is 334 g/mol. The van der Waals surface area contributed by atoms with Gasteiger partial charge in [-0.25, -0.2) is 0 Å². The molecule has 0 fully saturated rings. The molecule has 3 rings (SSSR count). The predicted molar refractivity (Wildman–Crippen MR) is 110 cm³/mol. The van der Waals surface area contributed by atoms with Gasteiger partial charge in [0.25, 0.3) is 5.91 Å². The number of nitrogens with zero attached hydrogens (tertiary/aromatic N) is 2. The second-order valence-corrected chi connectivity index (χ2v) is 6.55. The third-order valence-electron chi connectivity index (χ3n) is 4.45.